The van der Waals surface area contributed by atoms with E-state index in [-0.39, 0.29) is 33.8 Å². The van der Waals surface area contributed by atoms with Gasteiger partial charge in [-0.05, 0) is 30.3 Å². The SMILES string of the molecule is O=C1OC(c2ccc([N+](=O)[O-])cc2)=N/C1=C\c1ccc(-c2ccc([N+](=O)[O-])cc2Cl)o1. The van der Waals surface area contributed by atoms with Crippen LogP contribution in [0.3, 0.4) is 0 Å². The van der Waals surface area contributed by atoms with E-state index in [0.29, 0.717) is 16.9 Å². The lowest BCUT2D eigenvalue weighted by atomic mass is 10.1. The topological polar surface area (TPSA) is 138 Å². The Morgan fingerprint density at radius 2 is 1.61 bits per heavy atom. The second kappa shape index (κ2) is 7.84. The van der Waals surface area contributed by atoms with E-state index in [4.69, 9.17) is 20.8 Å². The van der Waals surface area contributed by atoms with Crippen LogP contribution in [0.4, 0.5) is 11.4 Å². The standard InChI is InChI=1S/C20H10ClN3O7/c21-16-9-13(24(28)29)5-7-15(16)18-8-6-14(30-18)10-17-20(25)31-19(22-17)11-1-3-12(4-2-11)23(26)27/h1-10H/b17-10-. The van der Waals surface area contributed by atoms with Crippen LogP contribution < -0.4 is 0 Å². The monoisotopic (exact) mass is 439 g/mol. The fraction of sp³-hybridized carbons (Fsp3) is 0. The Labute approximate surface area is 178 Å². The number of carbonyl (C=O) groups is 1. The number of esters is 1. The fourth-order valence-corrected chi connectivity index (χ4v) is 3.05. The molecule has 0 unspecified atom stereocenters. The normalized spacial score (nSPS) is 14.4. The summed E-state index contributed by atoms with van der Waals surface area (Å²) in [6.07, 6.45) is 1.36. The number of halogens is 1. The first-order valence-corrected chi connectivity index (χ1v) is 9.01. The number of ether oxygens (including phenoxy) is 1. The maximum Gasteiger partial charge on any atom is 0.363 e. The second-order valence-corrected chi connectivity index (χ2v) is 6.67. The maximum atomic E-state index is 12.1. The minimum atomic E-state index is -0.709. The maximum absolute atomic E-state index is 12.1. The predicted molar refractivity (Wildman–Crippen MR) is 110 cm³/mol. The van der Waals surface area contributed by atoms with Gasteiger partial charge in [0.15, 0.2) is 5.70 Å². The first kappa shape index (κ1) is 20.0. The quantitative estimate of drug-likeness (QED) is 0.241. The molecule has 3 aromatic rings. The Balaban J connectivity index is 1.59. The molecule has 0 bridgehead atoms. The molecular formula is C20H10ClN3O7. The molecule has 31 heavy (non-hydrogen) atoms. The molecule has 4 rings (SSSR count). The van der Waals surface area contributed by atoms with Gasteiger partial charge in [0.1, 0.15) is 11.5 Å². The summed E-state index contributed by atoms with van der Waals surface area (Å²) in [5, 5.41) is 21.7. The van der Waals surface area contributed by atoms with Gasteiger partial charge in [-0.15, -0.1) is 0 Å². The Hall–Kier alpha value is -4.31. The van der Waals surface area contributed by atoms with Crippen molar-refractivity contribution in [1.29, 1.82) is 0 Å². The van der Waals surface area contributed by atoms with E-state index in [1.54, 1.807) is 12.1 Å². The minimum absolute atomic E-state index is 0.0105. The lowest BCUT2D eigenvalue weighted by Crippen LogP contribution is -2.05. The molecule has 0 aliphatic carbocycles. The van der Waals surface area contributed by atoms with Crippen molar-refractivity contribution in [2.45, 2.75) is 0 Å². The first-order chi connectivity index (χ1) is 14.8. The molecule has 0 atom stereocenters. The van der Waals surface area contributed by atoms with E-state index in [1.165, 1.54) is 48.5 Å². The number of nitro benzene ring substituents is 2. The summed E-state index contributed by atoms with van der Waals surface area (Å²) in [5.41, 5.74) is 0.576. The van der Waals surface area contributed by atoms with E-state index in [9.17, 15) is 25.0 Å². The van der Waals surface area contributed by atoms with Crippen molar-refractivity contribution in [2.75, 3.05) is 0 Å². The van der Waals surface area contributed by atoms with Crippen LogP contribution in [0.1, 0.15) is 11.3 Å². The minimum Gasteiger partial charge on any atom is -0.457 e. The van der Waals surface area contributed by atoms with Crippen molar-refractivity contribution in [3.63, 3.8) is 0 Å². The van der Waals surface area contributed by atoms with E-state index < -0.39 is 15.8 Å². The highest BCUT2D eigenvalue weighted by Crippen LogP contribution is 2.33. The molecule has 2 aromatic carbocycles. The van der Waals surface area contributed by atoms with Crippen molar-refractivity contribution in [2.24, 2.45) is 4.99 Å². The number of furan rings is 1. The Morgan fingerprint density at radius 3 is 2.26 bits per heavy atom. The lowest BCUT2D eigenvalue weighted by Gasteiger charge is -2.00. The molecule has 0 spiro atoms. The fourth-order valence-electron chi connectivity index (χ4n) is 2.79. The van der Waals surface area contributed by atoms with Crippen molar-refractivity contribution < 1.29 is 23.8 Å². The second-order valence-electron chi connectivity index (χ2n) is 6.26. The number of rotatable bonds is 5. The third-order valence-corrected chi connectivity index (χ3v) is 4.59. The van der Waals surface area contributed by atoms with Gasteiger partial charge in [-0.3, -0.25) is 20.2 Å². The summed E-state index contributed by atoms with van der Waals surface area (Å²) in [6.45, 7) is 0. The number of non-ortho nitro benzene ring substituents is 2. The van der Waals surface area contributed by atoms with E-state index in [1.807, 2.05) is 0 Å². The van der Waals surface area contributed by atoms with Crippen molar-refractivity contribution in [3.8, 4) is 11.3 Å². The molecule has 2 heterocycles. The summed E-state index contributed by atoms with van der Waals surface area (Å²) in [5.74, 6) is -0.0706. The molecule has 0 radical (unpaired) electrons. The smallest absolute Gasteiger partial charge is 0.363 e. The van der Waals surface area contributed by atoms with Crippen LogP contribution in [0.5, 0.6) is 0 Å². The van der Waals surface area contributed by atoms with Gasteiger partial charge in [-0.1, -0.05) is 11.6 Å². The third-order valence-electron chi connectivity index (χ3n) is 4.28. The van der Waals surface area contributed by atoms with Crippen LogP contribution in [0.2, 0.25) is 5.02 Å². The number of aliphatic imine (C=N–C) groups is 1. The molecular weight excluding hydrogens is 430 g/mol. The Kier molecular flexibility index (Phi) is 5.05. The summed E-state index contributed by atoms with van der Waals surface area (Å²) >= 11 is 6.11. The van der Waals surface area contributed by atoms with Crippen LogP contribution in [0.25, 0.3) is 17.4 Å². The van der Waals surface area contributed by atoms with Gasteiger partial charge in [0.25, 0.3) is 11.4 Å². The van der Waals surface area contributed by atoms with Crippen LogP contribution in [-0.4, -0.2) is 21.7 Å². The van der Waals surface area contributed by atoms with Crippen LogP contribution in [-0.2, 0) is 9.53 Å². The number of nitrogens with zero attached hydrogens (tertiary/aromatic N) is 3. The number of hydrogen-bond acceptors (Lipinski definition) is 8. The van der Waals surface area contributed by atoms with Gasteiger partial charge in [0.2, 0.25) is 5.90 Å². The first-order valence-electron chi connectivity index (χ1n) is 8.63. The highest BCUT2D eigenvalue weighted by molar-refractivity contribution is 6.33. The van der Waals surface area contributed by atoms with Crippen LogP contribution in [0, 0.1) is 20.2 Å². The summed E-state index contributed by atoms with van der Waals surface area (Å²) in [6, 6.07) is 12.6. The average molecular weight is 440 g/mol. The van der Waals surface area contributed by atoms with Gasteiger partial charge < -0.3 is 9.15 Å². The summed E-state index contributed by atoms with van der Waals surface area (Å²) in [7, 11) is 0. The molecule has 1 aliphatic rings. The van der Waals surface area contributed by atoms with Crippen molar-refractivity contribution >= 4 is 40.9 Å². The molecule has 10 nitrogen and oxygen atoms in total. The Bertz CT molecular complexity index is 1290. The molecule has 154 valence electrons. The number of benzene rings is 2. The van der Waals surface area contributed by atoms with Crippen molar-refractivity contribution in [3.05, 3.63) is 96.9 Å². The van der Waals surface area contributed by atoms with Gasteiger partial charge in [-0.25, -0.2) is 9.79 Å². The summed E-state index contributed by atoms with van der Waals surface area (Å²) in [4.78, 5) is 36.7. The van der Waals surface area contributed by atoms with E-state index in [0.717, 1.165) is 0 Å². The molecule has 0 saturated carbocycles. The number of cyclic esters (lactones) is 1. The largest absolute Gasteiger partial charge is 0.457 e. The highest BCUT2D eigenvalue weighted by atomic mass is 35.5. The van der Waals surface area contributed by atoms with Crippen LogP contribution in [0.15, 0.2) is 69.7 Å². The molecule has 0 saturated heterocycles. The van der Waals surface area contributed by atoms with Crippen molar-refractivity contribution in [1.82, 2.24) is 0 Å². The van der Waals surface area contributed by atoms with Gasteiger partial charge >= 0.3 is 5.97 Å². The molecule has 0 fully saturated rings. The van der Waals surface area contributed by atoms with Gasteiger partial charge in [0, 0.05) is 41.5 Å². The molecule has 1 aliphatic heterocycles. The summed E-state index contributed by atoms with van der Waals surface area (Å²) < 4.78 is 10.8. The number of nitro groups is 2. The van der Waals surface area contributed by atoms with Crippen LogP contribution >= 0.6 is 11.6 Å². The molecule has 0 amide bonds. The predicted octanol–water partition coefficient (Wildman–Crippen LogP) is 4.76. The molecule has 1 aromatic heterocycles. The molecule has 0 N–H and O–H groups in total. The number of hydrogen-bond donors (Lipinski definition) is 0. The van der Waals surface area contributed by atoms with E-state index in [2.05, 4.69) is 4.99 Å². The van der Waals surface area contributed by atoms with Gasteiger partial charge in [0.05, 0.1) is 14.9 Å². The van der Waals surface area contributed by atoms with E-state index >= 15 is 0 Å². The third kappa shape index (κ3) is 4.05. The zero-order valence-corrected chi connectivity index (χ0v) is 16.1. The highest BCUT2D eigenvalue weighted by Gasteiger charge is 2.25. The zero-order valence-electron chi connectivity index (χ0n) is 15.4. The Morgan fingerprint density at radius 1 is 0.935 bits per heavy atom. The lowest BCUT2D eigenvalue weighted by molar-refractivity contribution is -0.385. The number of carbonyl (C=O) groups excluding carboxylic acids is 1. The average Bonchev–Trinajstić information content (AvgIpc) is 3.35. The zero-order chi connectivity index (χ0) is 22.1. The van der Waals surface area contributed by atoms with Gasteiger partial charge in [-0.2, -0.15) is 0 Å². The molecule has 11 heteroatoms.